The van der Waals surface area contributed by atoms with Crippen molar-refractivity contribution in [2.75, 3.05) is 19.9 Å². The number of alkyl carbamates (subject to hydrolysis) is 1. The van der Waals surface area contributed by atoms with E-state index in [-0.39, 0.29) is 30.7 Å². The summed E-state index contributed by atoms with van der Waals surface area (Å²) in [6, 6.07) is 4.93. The summed E-state index contributed by atoms with van der Waals surface area (Å²) in [5.74, 6) is -2.15. The van der Waals surface area contributed by atoms with Gasteiger partial charge < -0.3 is 35.3 Å². The normalized spacial score (nSPS) is 27.2. The minimum Gasteiger partial charge on any atom is -0.488 e. The molecule has 276 valence electrons. The molecule has 0 spiro atoms. The zero-order chi connectivity index (χ0) is 36.8. The molecule has 4 aliphatic rings. The third kappa shape index (κ3) is 8.00. The molecule has 0 bridgehead atoms. The number of pyridine rings is 1. The van der Waals surface area contributed by atoms with Gasteiger partial charge in [0.15, 0.2) is 0 Å². The number of esters is 1. The molecule has 14 nitrogen and oxygen atoms in total. The van der Waals surface area contributed by atoms with Gasteiger partial charge in [0.1, 0.15) is 41.3 Å². The van der Waals surface area contributed by atoms with Gasteiger partial charge in [-0.05, 0) is 69.8 Å². The van der Waals surface area contributed by atoms with E-state index in [4.69, 9.17) is 19.7 Å². The molecule has 1 aromatic heterocycles. The Hall–Kier alpha value is -4.75. The average Bonchev–Trinajstić information content (AvgIpc) is 3.42. The van der Waals surface area contributed by atoms with Gasteiger partial charge in [-0.3, -0.25) is 14.4 Å². The molecule has 3 fully saturated rings. The second-order valence-electron chi connectivity index (χ2n) is 13.8. The summed E-state index contributed by atoms with van der Waals surface area (Å²) < 4.78 is 17.3. The Bertz CT molecular complexity index is 1810. The number of nitrogens with one attached hydrogen (secondary N) is 2. The molecular weight excluding hydrogens is 689 g/mol. The van der Waals surface area contributed by atoms with Crippen molar-refractivity contribution in [1.82, 2.24) is 20.5 Å². The molecule has 2 aliphatic carbocycles. The first-order valence-electron chi connectivity index (χ1n) is 17.9. The highest BCUT2D eigenvalue weighted by molar-refractivity contribution is 7.98. The SMILES string of the molecule is COC(=O)[C@@]12CC1/C=C\CCCCC[C@H](NC(=O)OC1CCCC1)C(=O)N1C[C@H](Oc3cc(C(=O)C=[N+]=[N-])nc4c(SC)cccc34)C[C@H]1C(=O)N2. The van der Waals surface area contributed by atoms with E-state index in [0.29, 0.717) is 35.9 Å². The van der Waals surface area contributed by atoms with Gasteiger partial charge in [0.05, 0.1) is 19.2 Å². The zero-order valence-electron chi connectivity index (χ0n) is 29.4. The topological polar surface area (TPSA) is 190 Å². The lowest BCUT2D eigenvalue weighted by Gasteiger charge is -2.29. The maximum atomic E-state index is 14.5. The van der Waals surface area contributed by atoms with Crippen molar-refractivity contribution in [3.8, 4) is 5.75 Å². The van der Waals surface area contributed by atoms with Crippen molar-refractivity contribution in [2.45, 2.75) is 105 Å². The van der Waals surface area contributed by atoms with Crippen molar-refractivity contribution < 1.29 is 43.0 Å². The number of para-hydroxylation sites is 1. The molecule has 1 aromatic carbocycles. The third-order valence-corrected chi connectivity index (χ3v) is 11.1. The summed E-state index contributed by atoms with van der Waals surface area (Å²) in [6.45, 7) is -0.0191. The molecule has 1 unspecified atom stereocenters. The van der Waals surface area contributed by atoms with Gasteiger partial charge >= 0.3 is 18.3 Å². The fraction of sp³-hybridized carbons (Fsp3) is 0.541. The number of benzene rings is 1. The number of nitrogens with zero attached hydrogens (tertiary/aromatic N) is 4. The van der Waals surface area contributed by atoms with E-state index < -0.39 is 53.4 Å². The predicted octanol–water partition coefficient (Wildman–Crippen LogP) is 4.39. The summed E-state index contributed by atoms with van der Waals surface area (Å²) in [5.41, 5.74) is 8.26. The van der Waals surface area contributed by atoms with Crippen LogP contribution >= 0.6 is 11.8 Å². The monoisotopic (exact) mass is 732 g/mol. The Morgan fingerprint density at radius 1 is 1.12 bits per heavy atom. The summed E-state index contributed by atoms with van der Waals surface area (Å²) in [7, 11) is 1.28. The number of aromatic nitrogens is 1. The lowest BCUT2D eigenvalue weighted by atomic mass is 10.0. The summed E-state index contributed by atoms with van der Waals surface area (Å²) in [5, 5.41) is 6.34. The van der Waals surface area contributed by atoms with Crippen LogP contribution in [0.1, 0.15) is 81.1 Å². The molecule has 3 heterocycles. The van der Waals surface area contributed by atoms with Crippen LogP contribution in [0.15, 0.2) is 41.3 Å². The van der Waals surface area contributed by atoms with Crippen molar-refractivity contribution in [3.63, 3.8) is 0 Å². The predicted molar refractivity (Wildman–Crippen MR) is 191 cm³/mol. The Morgan fingerprint density at radius 2 is 1.90 bits per heavy atom. The number of ether oxygens (including phenoxy) is 3. The molecule has 2 aliphatic heterocycles. The Kier molecular flexibility index (Phi) is 11.6. The molecule has 1 saturated heterocycles. The van der Waals surface area contributed by atoms with E-state index in [1.165, 1.54) is 29.8 Å². The number of methoxy groups -OCH3 is 1. The highest BCUT2D eigenvalue weighted by Gasteiger charge is 2.62. The maximum Gasteiger partial charge on any atom is 0.408 e. The van der Waals surface area contributed by atoms with E-state index in [1.807, 2.05) is 30.5 Å². The number of rotatable bonds is 8. The summed E-state index contributed by atoms with van der Waals surface area (Å²) in [4.78, 5) is 77.2. The number of carbonyl (C=O) groups excluding carboxylic acids is 5. The van der Waals surface area contributed by atoms with Crippen LogP contribution in [0.2, 0.25) is 0 Å². The highest BCUT2D eigenvalue weighted by Crippen LogP contribution is 2.46. The number of amides is 3. The van der Waals surface area contributed by atoms with Crippen LogP contribution in [-0.2, 0) is 23.9 Å². The van der Waals surface area contributed by atoms with E-state index in [1.54, 1.807) is 6.07 Å². The number of fused-ring (bicyclic) bond motifs is 3. The second kappa shape index (κ2) is 16.3. The number of carbonyl (C=O) groups is 5. The summed E-state index contributed by atoms with van der Waals surface area (Å²) in [6.07, 6.45) is 12.4. The molecule has 2 saturated carbocycles. The van der Waals surface area contributed by atoms with E-state index >= 15 is 0 Å². The number of hydrogen-bond donors (Lipinski definition) is 2. The first-order valence-corrected chi connectivity index (χ1v) is 19.1. The van der Waals surface area contributed by atoms with Crippen molar-refractivity contribution in [2.24, 2.45) is 5.92 Å². The van der Waals surface area contributed by atoms with E-state index in [0.717, 1.165) is 56.1 Å². The van der Waals surface area contributed by atoms with Gasteiger partial charge in [0.25, 0.3) is 5.78 Å². The Morgan fingerprint density at radius 3 is 2.65 bits per heavy atom. The van der Waals surface area contributed by atoms with Crippen LogP contribution in [0.3, 0.4) is 0 Å². The lowest BCUT2D eigenvalue weighted by Crippen LogP contribution is -2.56. The van der Waals surface area contributed by atoms with Gasteiger partial charge in [-0.1, -0.05) is 31.1 Å². The molecule has 6 rings (SSSR count). The second-order valence-corrected chi connectivity index (χ2v) is 14.6. The van der Waals surface area contributed by atoms with Gasteiger partial charge in [0.2, 0.25) is 11.8 Å². The Balaban J connectivity index is 1.33. The molecule has 0 radical (unpaired) electrons. The molecule has 5 atom stereocenters. The third-order valence-electron chi connectivity index (χ3n) is 10.4. The van der Waals surface area contributed by atoms with Crippen LogP contribution in [0.5, 0.6) is 5.75 Å². The standard InChI is InChI=1S/C37H44N6O8S/c1-49-35(47)37-19-22(37)11-6-4-3-5-7-15-26(41-36(48)51-23-12-8-9-13-23)34(46)43-21-24(17-28(43)33(45)42-37)50-30-18-27(29(44)20-39-38)40-32-25(30)14-10-16-31(32)52-2/h6,10-11,14,16,18,20,22-24,26,28H,3-5,7-9,12-13,15,17,19,21H2,1-2H3,(H,41,48)(H,42,45)/b11-6-/t22?,24-,26+,28+,37-/m1/s1. The minimum absolute atomic E-state index is 0.0126. The van der Waals surface area contributed by atoms with Crippen LogP contribution < -0.4 is 15.4 Å². The molecule has 3 amide bonds. The largest absolute Gasteiger partial charge is 0.488 e. The van der Waals surface area contributed by atoms with E-state index in [2.05, 4.69) is 20.4 Å². The minimum atomic E-state index is -1.25. The average molecular weight is 733 g/mol. The van der Waals surface area contributed by atoms with Gasteiger partial charge in [-0.25, -0.2) is 14.6 Å². The van der Waals surface area contributed by atoms with Crippen molar-refractivity contribution in [3.05, 3.63) is 47.6 Å². The van der Waals surface area contributed by atoms with Crippen LogP contribution in [-0.4, -0.2) is 100 Å². The van der Waals surface area contributed by atoms with Gasteiger partial charge in [-0.2, -0.15) is 4.79 Å². The van der Waals surface area contributed by atoms with Crippen LogP contribution in [0.25, 0.3) is 16.4 Å². The smallest absolute Gasteiger partial charge is 0.408 e. The summed E-state index contributed by atoms with van der Waals surface area (Å²) >= 11 is 1.43. The van der Waals surface area contributed by atoms with Crippen LogP contribution in [0.4, 0.5) is 4.79 Å². The van der Waals surface area contributed by atoms with Crippen LogP contribution in [0, 0.1) is 5.92 Å². The number of ketones is 1. The fourth-order valence-corrected chi connectivity index (χ4v) is 8.09. The number of allylic oxidation sites excluding steroid dienone is 1. The van der Waals surface area contributed by atoms with Crippen molar-refractivity contribution in [1.29, 1.82) is 0 Å². The molecular formula is C37H44N6O8S. The molecule has 15 heteroatoms. The molecule has 2 aromatic rings. The maximum absolute atomic E-state index is 14.5. The molecule has 52 heavy (non-hydrogen) atoms. The number of thioether (sulfide) groups is 1. The van der Waals surface area contributed by atoms with Crippen molar-refractivity contribution >= 4 is 58.5 Å². The van der Waals surface area contributed by atoms with E-state index in [9.17, 15) is 24.0 Å². The quantitative estimate of drug-likeness (QED) is 0.0749. The lowest BCUT2D eigenvalue weighted by molar-refractivity contribution is -0.148. The first-order chi connectivity index (χ1) is 25.2. The first kappa shape index (κ1) is 37.0. The zero-order valence-corrected chi connectivity index (χ0v) is 30.2. The van der Waals surface area contributed by atoms with Gasteiger partial charge in [0, 0.05) is 28.7 Å². The number of Topliss-reactive ketones (excluding diaryl/α,β-unsaturated/α-hetero) is 1. The Labute approximate surface area is 306 Å². The fourth-order valence-electron chi connectivity index (χ4n) is 7.53. The van der Waals surface area contributed by atoms with Gasteiger partial charge in [-0.15, -0.1) is 11.8 Å². The number of hydrogen-bond acceptors (Lipinski definition) is 10. The molecule has 2 N–H and O–H groups in total. The highest BCUT2D eigenvalue weighted by atomic mass is 32.2.